The van der Waals surface area contributed by atoms with Gasteiger partial charge in [0.05, 0.1) is 0 Å². The van der Waals surface area contributed by atoms with Gasteiger partial charge in [-0.3, -0.25) is 0 Å². The molecule has 0 heteroatoms. The molecule has 0 aliphatic carbocycles. The summed E-state index contributed by atoms with van der Waals surface area (Å²) >= 11 is 0. The summed E-state index contributed by atoms with van der Waals surface area (Å²) in [5.41, 5.74) is 5.95. The maximum Gasteiger partial charge on any atom is -0.00197 e. The summed E-state index contributed by atoms with van der Waals surface area (Å²) in [6, 6.07) is 33.5. The molecule has 46 heavy (non-hydrogen) atoms. The molecule has 0 amide bonds. The molecular weight excluding hydrogens is 553 g/mol. The highest BCUT2D eigenvalue weighted by atomic mass is 14.3. The van der Waals surface area contributed by atoms with E-state index in [9.17, 15) is 0 Å². The lowest BCUT2D eigenvalue weighted by molar-refractivity contribution is 0.590. The molecule has 0 spiro atoms. The van der Waals surface area contributed by atoms with Crippen LogP contribution >= 0.6 is 0 Å². The van der Waals surface area contributed by atoms with E-state index in [1.165, 1.54) is 108 Å². The minimum absolute atomic E-state index is 0.0696. The van der Waals surface area contributed by atoms with Crippen LogP contribution in [0.2, 0.25) is 0 Å². The predicted octanol–water partition coefficient (Wildman–Crippen LogP) is 13.5. The summed E-state index contributed by atoms with van der Waals surface area (Å²) < 4.78 is 0. The molecule has 0 radical (unpaired) electrons. The van der Waals surface area contributed by atoms with Crippen LogP contribution in [-0.4, -0.2) is 0 Å². The second-order valence-corrected chi connectivity index (χ2v) is 15.9. The molecule has 0 aliphatic heterocycles. The maximum atomic E-state index is 2.59. The van der Waals surface area contributed by atoms with Gasteiger partial charge in [-0.1, -0.05) is 110 Å². The van der Waals surface area contributed by atoms with Crippen molar-refractivity contribution in [1.82, 2.24) is 0 Å². The third-order valence-corrected chi connectivity index (χ3v) is 11.2. The Morgan fingerprint density at radius 1 is 0.370 bits per heavy atom. The summed E-state index contributed by atoms with van der Waals surface area (Å²) in [4.78, 5) is 0. The van der Waals surface area contributed by atoms with Gasteiger partial charge in [0, 0.05) is 0 Å². The Labute approximate surface area is 271 Å². The molecule has 0 bridgehead atoms. The van der Waals surface area contributed by atoms with E-state index >= 15 is 0 Å². The second-order valence-electron chi connectivity index (χ2n) is 15.9. The predicted molar refractivity (Wildman–Crippen MR) is 205 cm³/mol. The Morgan fingerprint density at radius 2 is 0.891 bits per heavy atom. The van der Waals surface area contributed by atoms with E-state index in [1.54, 1.807) is 0 Å². The fourth-order valence-electron chi connectivity index (χ4n) is 8.82. The highest BCUT2D eigenvalue weighted by Crippen LogP contribution is 2.50. The summed E-state index contributed by atoms with van der Waals surface area (Å²) in [6.45, 7) is 18.8. The van der Waals surface area contributed by atoms with E-state index in [4.69, 9.17) is 0 Å². The first-order valence-electron chi connectivity index (χ1n) is 17.2. The zero-order valence-corrected chi connectivity index (χ0v) is 28.5. The topological polar surface area (TPSA) is 0 Å². The first kappa shape index (κ1) is 27.9. The Morgan fingerprint density at radius 3 is 1.46 bits per heavy atom. The highest BCUT2D eigenvalue weighted by molar-refractivity contribution is 6.39. The van der Waals surface area contributed by atoms with Crippen molar-refractivity contribution in [3.05, 3.63) is 107 Å². The van der Waals surface area contributed by atoms with Crippen LogP contribution in [0.1, 0.15) is 77.6 Å². The largest absolute Gasteiger partial charge is 0.0616 e. The van der Waals surface area contributed by atoms with Crippen LogP contribution in [0, 0.1) is 0 Å². The standard InChI is InChI=1S/C46H42/c1-9-29-34-23-36-37(39-22-28(46(6,7)8)19-26-18-27(45(3,4)5)21-38(36)41(26)39)24-35(34)30(10-2)44-40-20-25-14-11-12-15-31(25)32-16-13-17-33(42(32)40)43(29)44/h11-24H,9-10H2,1-8H3. The van der Waals surface area contributed by atoms with Gasteiger partial charge in [0.1, 0.15) is 0 Å². The number of aryl methyl sites for hydroxylation is 2. The van der Waals surface area contributed by atoms with Crippen molar-refractivity contribution in [2.45, 2.75) is 79.1 Å². The molecule has 0 saturated heterocycles. The zero-order chi connectivity index (χ0) is 31.9. The number of benzene rings is 7. The third-order valence-electron chi connectivity index (χ3n) is 11.2. The van der Waals surface area contributed by atoms with Crippen molar-refractivity contribution >= 4 is 86.2 Å². The average Bonchev–Trinajstić information content (AvgIpc) is 3.52. The molecule has 0 aromatic heterocycles. The molecule has 0 aliphatic rings. The lowest BCUT2D eigenvalue weighted by atomic mass is 9.82. The van der Waals surface area contributed by atoms with Gasteiger partial charge in [-0.2, -0.15) is 0 Å². The van der Waals surface area contributed by atoms with E-state index in [1.807, 2.05) is 0 Å². The fraction of sp³-hybridized carbons (Fsp3) is 0.261. The normalized spacial score (nSPS) is 13.4. The Balaban J connectivity index is 1.54. The summed E-state index contributed by atoms with van der Waals surface area (Å²) in [7, 11) is 0. The van der Waals surface area contributed by atoms with Gasteiger partial charge < -0.3 is 0 Å². The van der Waals surface area contributed by atoms with E-state index in [0.29, 0.717) is 0 Å². The van der Waals surface area contributed by atoms with Crippen molar-refractivity contribution in [1.29, 1.82) is 0 Å². The smallest absolute Gasteiger partial charge is 0.00197 e. The van der Waals surface area contributed by atoms with Crippen molar-refractivity contribution < 1.29 is 0 Å². The molecule has 0 saturated carbocycles. The summed E-state index contributed by atoms with van der Waals surface area (Å²) in [5.74, 6) is 0. The molecule has 0 fully saturated rings. The van der Waals surface area contributed by atoms with Crippen LogP contribution in [-0.2, 0) is 23.7 Å². The first-order valence-corrected chi connectivity index (χ1v) is 17.2. The SMILES string of the molecule is CCc1c2cc3c(cc2c(CC)c2c4cc5ccccc5c5cccc(c12)c54)c1cc(C(C)(C)C)cc2cc(C(C)(C)C)cc3c21. The Bertz CT molecular complexity index is 2700. The van der Waals surface area contributed by atoms with Gasteiger partial charge in [0.25, 0.3) is 0 Å². The summed E-state index contributed by atoms with van der Waals surface area (Å²) in [5, 5.41) is 22.6. The molecule has 0 atom stereocenters. The third kappa shape index (κ3) is 3.56. The lowest BCUT2D eigenvalue weighted by Gasteiger charge is -2.22. The van der Waals surface area contributed by atoms with Gasteiger partial charge in [-0.15, -0.1) is 0 Å². The van der Waals surface area contributed by atoms with E-state index < -0.39 is 0 Å². The first-order chi connectivity index (χ1) is 22.0. The van der Waals surface area contributed by atoms with Gasteiger partial charge >= 0.3 is 0 Å². The van der Waals surface area contributed by atoms with Gasteiger partial charge in [0.2, 0.25) is 0 Å². The Hall–Kier alpha value is -4.42. The lowest BCUT2D eigenvalue weighted by Crippen LogP contribution is -2.12. The molecule has 9 aromatic rings. The number of hydrogen-bond donors (Lipinski definition) is 0. The van der Waals surface area contributed by atoms with Crippen LogP contribution in [0.4, 0.5) is 0 Å². The van der Waals surface area contributed by atoms with Crippen molar-refractivity contribution in [2.75, 3.05) is 0 Å². The average molecular weight is 595 g/mol. The minimum Gasteiger partial charge on any atom is -0.0616 e. The van der Waals surface area contributed by atoms with Crippen molar-refractivity contribution in [2.24, 2.45) is 0 Å². The molecule has 0 N–H and O–H groups in total. The van der Waals surface area contributed by atoms with Crippen LogP contribution in [0.3, 0.4) is 0 Å². The minimum atomic E-state index is 0.0696. The van der Waals surface area contributed by atoms with Crippen LogP contribution < -0.4 is 0 Å². The molecule has 0 unspecified atom stereocenters. The van der Waals surface area contributed by atoms with Crippen LogP contribution in [0.5, 0.6) is 0 Å². The molecule has 9 aromatic carbocycles. The quantitative estimate of drug-likeness (QED) is 0.175. The number of fused-ring (bicyclic) bond motifs is 9. The molecule has 0 nitrogen and oxygen atoms in total. The number of hydrogen-bond acceptors (Lipinski definition) is 0. The fourth-order valence-corrected chi connectivity index (χ4v) is 8.82. The van der Waals surface area contributed by atoms with Crippen LogP contribution in [0.25, 0.3) is 86.2 Å². The second kappa shape index (κ2) is 9.10. The molecule has 226 valence electrons. The Kier molecular flexibility index (Phi) is 5.51. The van der Waals surface area contributed by atoms with E-state index in [2.05, 4.69) is 140 Å². The summed E-state index contributed by atoms with van der Waals surface area (Å²) in [6.07, 6.45) is 2.01. The van der Waals surface area contributed by atoms with E-state index in [0.717, 1.165) is 12.8 Å². The highest BCUT2D eigenvalue weighted by Gasteiger charge is 2.25. The van der Waals surface area contributed by atoms with E-state index in [-0.39, 0.29) is 10.8 Å². The van der Waals surface area contributed by atoms with Crippen molar-refractivity contribution in [3.8, 4) is 0 Å². The van der Waals surface area contributed by atoms with Crippen LogP contribution in [0.15, 0.2) is 84.9 Å². The molecule has 0 heterocycles. The molecular formula is C46H42. The molecule has 9 rings (SSSR count). The van der Waals surface area contributed by atoms with Crippen molar-refractivity contribution in [3.63, 3.8) is 0 Å². The monoisotopic (exact) mass is 594 g/mol. The number of rotatable bonds is 2. The zero-order valence-electron chi connectivity index (χ0n) is 28.5. The maximum absolute atomic E-state index is 2.59. The van der Waals surface area contributed by atoms with Gasteiger partial charge in [-0.25, -0.2) is 0 Å². The van der Waals surface area contributed by atoms with Gasteiger partial charge in [-0.05, 0) is 162 Å². The van der Waals surface area contributed by atoms with Gasteiger partial charge in [0.15, 0.2) is 0 Å².